The third-order valence-corrected chi connectivity index (χ3v) is 4.58. The first kappa shape index (κ1) is 14.3. The molecule has 0 amide bonds. The normalized spacial score (nSPS) is 16.4. The van der Waals surface area contributed by atoms with Crippen molar-refractivity contribution in [2.75, 3.05) is 6.54 Å². The number of hydrogen-bond acceptors (Lipinski definition) is 1. The van der Waals surface area contributed by atoms with E-state index in [4.69, 9.17) is 0 Å². The molecule has 1 N–H and O–H groups in total. The quantitative estimate of drug-likeness (QED) is 0.781. The largest absolute Gasteiger partial charge is 0.306 e. The van der Waals surface area contributed by atoms with Crippen LogP contribution in [0.5, 0.6) is 0 Å². The summed E-state index contributed by atoms with van der Waals surface area (Å²) in [5, 5.41) is 3.68. The summed E-state index contributed by atoms with van der Waals surface area (Å²) in [7, 11) is 0. The molecule has 1 nitrogen and oxygen atoms in total. The maximum atomic E-state index is 3.68. The molecule has 2 aromatic rings. The Morgan fingerprint density at radius 1 is 0.952 bits per heavy atom. The third-order valence-electron chi connectivity index (χ3n) is 4.58. The molecule has 0 heterocycles. The average Bonchev–Trinajstić information content (AvgIpc) is 2.49. The van der Waals surface area contributed by atoms with Gasteiger partial charge in [0.15, 0.2) is 0 Å². The van der Waals surface area contributed by atoms with Crippen LogP contribution in [0.3, 0.4) is 0 Å². The van der Waals surface area contributed by atoms with Crippen LogP contribution in [0.4, 0.5) is 0 Å². The first-order valence-corrected chi connectivity index (χ1v) is 8.26. The molecule has 0 spiro atoms. The number of nitrogens with one attached hydrogen (secondary N) is 1. The first-order valence-electron chi connectivity index (χ1n) is 8.26. The molecule has 1 saturated carbocycles. The molecule has 1 aliphatic carbocycles. The molecule has 1 atom stereocenters. The van der Waals surface area contributed by atoms with Crippen LogP contribution in [0, 0.1) is 0 Å². The Morgan fingerprint density at radius 3 is 2.19 bits per heavy atom. The second-order valence-corrected chi connectivity index (χ2v) is 6.09. The van der Waals surface area contributed by atoms with E-state index in [2.05, 4.69) is 66.8 Å². The molecule has 0 aliphatic heterocycles. The lowest BCUT2D eigenvalue weighted by Gasteiger charge is -2.26. The van der Waals surface area contributed by atoms with Gasteiger partial charge in [-0.2, -0.15) is 0 Å². The van der Waals surface area contributed by atoms with Crippen molar-refractivity contribution in [1.29, 1.82) is 0 Å². The molecule has 1 aliphatic rings. The highest BCUT2D eigenvalue weighted by atomic mass is 14.9. The molecule has 0 bridgehead atoms. The molecule has 0 aromatic heterocycles. The minimum absolute atomic E-state index is 0.307. The van der Waals surface area contributed by atoms with E-state index in [1.54, 1.807) is 0 Å². The van der Waals surface area contributed by atoms with E-state index in [9.17, 15) is 0 Å². The van der Waals surface area contributed by atoms with Gasteiger partial charge < -0.3 is 5.32 Å². The van der Waals surface area contributed by atoms with E-state index in [0.29, 0.717) is 6.04 Å². The second-order valence-electron chi connectivity index (χ2n) is 6.09. The fraction of sp³-hybridized carbons (Fsp3) is 0.400. The third kappa shape index (κ3) is 3.36. The average molecular weight is 279 g/mol. The van der Waals surface area contributed by atoms with Crippen molar-refractivity contribution in [3.05, 3.63) is 71.3 Å². The van der Waals surface area contributed by atoms with Gasteiger partial charge in [0, 0.05) is 0 Å². The lowest BCUT2D eigenvalue weighted by Crippen LogP contribution is -2.23. The molecular weight excluding hydrogens is 254 g/mol. The minimum Gasteiger partial charge on any atom is -0.306 e. The Labute approximate surface area is 128 Å². The summed E-state index contributed by atoms with van der Waals surface area (Å²) in [6.45, 7) is 3.26. The summed E-state index contributed by atoms with van der Waals surface area (Å²) in [4.78, 5) is 0. The fourth-order valence-corrected chi connectivity index (χ4v) is 3.06. The van der Waals surface area contributed by atoms with Gasteiger partial charge in [-0.25, -0.2) is 0 Å². The van der Waals surface area contributed by atoms with E-state index in [1.807, 2.05) is 0 Å². The molecule has 110 valence electrons. The van der Waals surface area contributed by atoms with Crippen molar-refractivity contribution >= 4 is 0 Å². The smallest absolute Gasteiger partial charge is 0.0576 e. The van der Waals surface area contributed by atoms with Gasteiger partial charge in [-0.1, -0.05) is 67.9 Å². The summed E-state index contributed by atoms with van der Waals surface area (Å²) in [5.74, 6) is 0.817. The van der Waals surface area contributed by atoms with Crippen LogP contribution >= 0.6 is 0 Å². The Balaban J connectivity index is 1.81. The van der Waals surface area contributed by atoms with Gasteiger partial charge in [0.2, 0.25) is 0 Å². The van der Waals surface area contributed by atoms with Crippen LogP contribution in [0.25, 0.3) is 0 Å². The lowest BCUT2D eigenvalue weighted by atomic mass is 9.79. The molecule has 3 rings (SSSR count). The molecule has 1 unspecified atom stereocenters. The fourth-order valence-electron chi connectivity index (χ4n) is 3.06. The van der Waals surface area contributed by atoms with Crippen molar-refractivity contribution in [3.63, 3.8) is 0 Å². The highest BCUT2D eigenvalue weighted by molar-refractivity contribution is 5.34. The zero-order valence-corrected chi connectivity index (χ0v) is 12.9. The zero-order chi connectivity index (χ0) is 14.5. The Hall–Kier alpha value is -1.60. The summed E-state index contributed by atoms with van der Waals surface area (Å²) in [6.07, 6.45) is 5.30. The van der Waals surface area contributed by atoms with Crippen LogP contribution in [-0.4, -0.2) is 6.54 Å². The Morgan fingerprint density at radius 2 is 1.62 bits per heavy atom. The number of rotatable bonds is 6. The molecule has 1 fully saturated rings. The van der Waals surface area contributed by atoms with Gasteiger partial charge >= 0.3 is 0 Å². The van der Waals surface area contributed by atoms with Crippen molar-refractivity contribution < 1.29 is 0 Å². The summed E-state index contributed by atoms with van der Waals surface area (Å²) in [6, 6.07) is 20.4. The number of benzene rings is 2. The Bertz CT molecular complexity index is 540. The van der Waals surface area contributed by atoms with Crippen LogP contribution < -0.4 is 5.32 Å². The summed E-state index contributed by atoms with van der Waals surface area (Å²) in [5.41, 5.74) is 4.24. The van der Waals surface area contributed by atoms with Gasteiger partial charge in [-0.3, -0.25) is 0 Å². The summed E-state index contributed by atoms with van der Waals surface area (Å²) >= 11 is 0. The molecule has 21 heavy (non-hydrogen) atoms. The van der Waals surface area contributed by atoms with Crippen molar-refractivity contribution in [1.82, 2.24) is 5.32 Å². The van der Waals surface area contributed by atoms with Crippen molar-refractivity contribution in [2.45, 2.75) is 44.6 Å². The predicted molar refractivity (Wildman–Crippen MR) is 89.6 cm³/mol. The highest BCUT2D eigenvalue weighted by Crippen LogP contribution is 2.36. The van der Waals surface area contributed by atoms with E-state index in [0.717, 1.165) is 18.9 Å². The molecule has 2 aromatic carbocycles. The maximum absolute atomic E-state index is 3.68. The van der Waals surface area contributed by atoms with Gasteiger partial charge in [-0.05, 0) is 48.4 Å². The number of hydrogen-bond donors (Lipinski definition) is 1. The van der Waals surface area contributed by atoms with Crippen LogP contribution in [0.2, 0.25) is 0 Å². The van der Waals surface area contributed by atoms with Crippen LogP contribution in [0.1, 0.15) is 61.3 Å². The van der Waals surface area contributed by atoms with E-state index >= 15 is 0 Å². The van der Waals surface area contributed by atoms with Crippen molar-refractivity contribution in [3.8, 4) is 0 Å². The van der Waals surface area contributed by atoms with E-state index in [-0.39, 0.29) is 0 Å². The van der Waals surface area contributed by atoms with Gasteiger partial charge in [-0.15, -0.1) is 0 Å². The predicted octanol–water partition coefficient (Wildman–Crippen LogP) is 5.04. The molecule has 1 heteroatoms. The standard InChI is InChI=1S/C20H25N/c1-2-15-21-20(18-7-4-3-5-8-18)19-13-11-17(12-14-19)16-9-6-10-16/h3-5,7-8,11-14,16,20-21H,2,6,9-10,15H2,1H3. The SMILES string of the molecule is CCCNC(c1ccccc1)c1ccc(C2CCC2)cc1. The Kier molecular flexibility index (Phi) is 4.72. The van der Waals surface area contributed by atoms with Gasteiger partial charge in [0.1, 0.15) is 0 Å². The zero-order valence-electron chi connectivity index (χ0n) is 12.9. The van der Waals surface area contributed by atoms with Gasteiger partial charge in [0.05, 0.1) is 6.04 Å². The van der Waals surface area contributed by atoms with Gasteiger partial charge in [0.25, 0.3) is 0 Å². The monoisotopic (exact) mass is 279 g/mol. The second kappa shape index (κ2) is 6.91. The first-order chi connectivity index (χ1) is 10.4. The minimum atomic E-state index is 0.307. The lowest BCUT2D eigenvalue weighted by molar-refractivity contribution is 0.419. The summed E-state index contributed by atoms with van der Waals surface area (Å²) < 4.78 is 0. The molecule has 0 radical (unpaired) electrons. The molecular formula is C20H25N. The van der Waals surface area contributed by atoms with Crippen molar-refractivity contribution in [2.24, 2.45) is 0 Å². The highest BCUT2D eigenvalue weighted by Gasteiger charge is 2.20. The molecule has 0 saturated heterocycles. The van der Waals surface area contributed by atoms with E-state index < -0.39 is 0 Å². The van der Waals surface area contributed by atoms with Crippen LogP contribution in [0.15, 0.2) is 54.6 Å². The topological polar surface area (TPSA) is 12.0 Å². The maximum Gasteiger partial charge on any atom is 0.0576 e. The van der Waals surface area contributed by atoms with Crippen LogP contribution in [-0.2, 0) is 0 Å². The van der Waals surface area contributed by atoms with E-state index in [1.165, 1.54) is 36.0 Å².